The molecule has 2 aromatic carbocycles. The zero-order chi connectivity index (χ0) is 28.7. The Labute approximate surface area is 237 Å². The van der Waals surface area contributed by atoms with E-state index in [4.69, 9.17) is 4.74 Å². The maximum absolute atomic E-state index is 13.9. The Morgan fingerprint density at radius 1 is 1.02 bits per heavy atom. The summed E-state index contributed by atoms with van der Waals surface area (Å²) in [6.07, 6.45) is 6.22. The third-order valence-electron chi connectivity index (χ3n) is 8.21. The molecule has 1 aliphatic carbocycles. The number of amides is 2. The molecule has 3 aliphatic rings. The van der Waals surface area contributed by atoms with E-state index in [1.165, 1.54) is 16.1 Å². The van der Waals surface area contributed by atoms with Crippen molar-refractivity contribution in [3.8, 4) is 0 Å². The number of anilines is 1. The highest BCUT2D eigenvalue weighted by atomic mass is 32.2. The molecule has 1 fully saturated rings. The average molecular weight is 566 g/mol. The van der Waals surface area contributed by atoms with Gasteiger partial charge in [0.25, 0.3) is 0 Å². The molecule has 40 heavy (non-hydrogen) atoms. The van der Waals surface area contributed by atoms with E-state index in [1.54, 1.807) is 20.8 Å². The van der Waals surface area contributed by atoms with Crippen molar-refractivity contribution < 1.29 is 22.7 Å². The molecular weight excluding hydrogens is 526 g/mol. The molecule has 0 saturated carbocycles. The predicted octanol–water partition coefficient (Wildman–Crippen LogP) is 4.64. The second-order valence-corrected chi connectivity index (χ2v) is 14.2. The number of sulfonamides is 1. The van der Waals surface area contributed by atoms with Crippen LogP contribution in [0.5, 0.6) is 0 Å². The number of nitrogens with zero attached hydrogens (tertiary/aromatic N) is 2. The molecule has 2 aromatic rings. The lowest BCUT2D eigenvalue weighted by Gasteiger charge is -2.41. The molecule has 1 spiro atoms. The molecular formula is C31H39N3O5S. The summed E-state index contributed by atoms with van der Waals surface area (Å²) in [7, 11) is -3.42. The molecule has 1 atom stereocenters. The van der Waals surface area contributed by atoms with Crippen molar-refractivity contribution >= 4 is 33.8 Å². The van der Waals surface area contributed by atoms with E-state index in [0.717, 1.165) is 35.2 Å². The van der Waals surface area contributed by atoms with Crippen molar-refractivity contribution in [2.45, 2.75) is 69.9 Å². The quantitative estimate of drug-likeness (QED) is 0.570. The Morgan fingerprint density at radius 2 is 1.70 bits per heavy atom. The fraction of sp³-hybridized carbons (Fsp3) is 0.484. The van der Waals surface area contributed by atoms with E-state index in [-0.39, 0.29) is 11.3 Å². The molecule has 214 valence electrons. The fourth-order valence-electron chi connectivity index (χ4n) is 6.25. The van der Waals surface area contributed by atoms with Crippen LogP contribution in [0.3, 0.4) is 0 Å². The first kappa shape index (κ1) is 28.2. The number of ether oxygens (including phenoxy) is 1. The SMILES string of the molecule is CC(C)(C)OC(=O)NC(CC1=Cc2ccccc2CC1)C(=O)N1CCC2(CC1)CN(S(C)(=O)=O)c1ccccc12. The summed E-state index contributed by atoms with van der Waals surface area (Å²) >= 11 is 0. The van der Waals surface area contributed by atoms with Crippen molar-refractivity contribution in [3.05, 3.63) is 70.8 Å². The molecule has 1 N–H and O–H groups in total. The van der Waals surface area contributed by atoms with E-state index < -0.39 is 27.8 Å². The Balaban J connectivity index is 1.34. The summed E-state index contributed by atoms with van der Waals surface area (Å²) in [6.45, 7) is 6.76. The van der Waals surface area contributed by atoms with Gasteiger partial charge in [-0.3, -0.25) is 9.10 Å². The number of alkyl carbamates (subject to hydrolysis) is 1. The smallest absolute Gasteiger partial charge is 0.408 e. The Morgan fingerprint density at radius 3 is 2.40 bits per heavy atom. The number of benzene rings is 2. The summed E-state index contributed by atoms with van der Waals surface area (Å²) in [4.78, 5) is 28.5. The number of para-hydroxylation sites is 1. The molecule has 8 nitrogen and oxygen atoms in total. The first-order chi connectivity index (χ1) is 18.8. The van der Waals surface area contributed by atoms with Gasteiger partial charge in [-0.2, -0.15) is 0 Å². The van der Waals surface area contributed by atoms with Gasteiger partial charge in [-0.25, -0.2) is 13.2 Å². The van der Waals surface area contributed by atoms with Gasteiger partial charge in [0.2, 0.25) is 15.9 Å². The number of carbonyl (C=O) groups excluding carboxylic acids is 2. The van der Waals surface area contributed by atoms with Gasteiger partial charge >= 0.3 is 6.09 Å². The van der Waals surface area contributed by atoms with Crippen LogP contribution in [0.1, 0.15) is 63.1 Å². The molecule has 0 aromatic heterocycles. The van der Waals surface area contributed by atoms with Crippen LogP contribution >= 0.6 is 0 Å². The topological polar surface area (TPSA) is 96.0 Å². The highest BCUT2D eigenvalue weighted by molar-refractivity contribution is 7.92. The number of hydrogen-bond acceptors (Lipinski definition) is 5. The predicted molar refractivity (Wildman–Crippen MR) is 157 cm³/mol. The maximum Gasteiger partial charge on any atom is 0.408 e. The monoisotopic (exact) mass is 565 g/mol. The Bertz CT molecular complexity index is 1430. The van der Waals surface area contributed by atoms with Crippen molar-refractivity contribution in [2.24, 2.45) is 0 Å². The lowest BCUT2D eigenvalue weighted by Crippen LogP contribution is -2.54. The zero-order valence-corrected chi connectivity index (χ0v) is 24.6. The van der Waals surface area contributed by atoms with Crippen molar-refractivity contribution in [1.82, 2.24) is 10.2 Å². The molecule has 1 saturated heterocycles. The molecule has 2 amide bonds. The number of likely N-dealkylation sites (tertiary alicyclic amines) is 1. The lowest BCUT2D eigenvalue weighted by atomic mass is 9.74. The molecule has 2 heterocycles. The van der Waals surface area contributed by atoms with Gasteiger partial charge in [0.15, 0.2) is 0 Å². The van der Waals surface area contributed by atoms with Gasteiger partial charge in [0, 0.05) is 25.0 Å². The molecule has 2 aliphatic heterocycles. The summed E-state index contributed by atoms with van der Waals surface area (Å²) < 4.78 is 32.1. The summed E-state index contributed by atoms with van der Waals surface area (Å²) in [5, 5.41) is 2.86. The van der Waals surface area contributed by atoms with Gasteiger partial charge in [-0.15, -0.1) is 0 Å². The fourth-order valence-corrected chi connectivity index (χ4v) is 7.24. The second-order valence-electron chi connectivity index (χ2n) is 12.3. The highest BCUT2D eigenvalue weighted by Crippen LogP contribution is 2.47. The summed E-state index contributed by atoms with van der Waals surface area (Å²) in [5.74, 6) is -0.133. The number of piperidine rings is 1. The first-order valence-corrected chi connectivity index (χ1v) is 15.8. The van der Waals surface area contributed by atoms with Gasteiger partial charge < -0.3 is 15.0 Å². The van der Waals surface area contributed by atoms with Crippen LogP contribution in [-0.4, -0.2) is 62.9 Å². The number of aryl methyl sites for hydroxylation is 1. The number of carbonyl (C=O) groups is 2. The minimum absolute atomic E-state index is 0.133. The van der Waals surface area contributed by atoms with E-state index >= 15 is 0 Å². The van der Waals surface area contributed by atoms with E-state index in [0.29, 0.717) is 38.9 Å². The van der Waals surface area contributed by atoms with Gasteiger partial charge in [-0.1, -0.05) is 54.1 Å². The van der Waals surface area contributed by atoms with Crippen molar-refractivity contribution in [2.75, 3.05) is 30.2 Å². The Hall–Kier alpha value is -3.33. The van der Waals surface area contributed by atoms with Crippen LogP contribution in [0.4, 0.5) is 10.5 Å². The molecule has 0 bridgehead atoms. The molecule has 5 rings (SSSR count). The first-order valence-electron chi connectivity index (χ1n) is 14.0. The number of hydrogen-bond donors (Lipinski definition) is 1. The van der Waals surface area contributed by atoms with E-state index in [2.05, 4.69) is 23.5 Å². The number of rotatable bonds is 5. The van der Waals surface area contributed by atoms with Crippen LogP contribution in [0.2, 0.25) is 0 Å². The third kappa shape index (κ3) is 5.89. The molecule has 9 heteroatoms. The maximum atomic E-state index is 13.9. The number of fused-ring (bicyclic) bond motifs is 3. The van der Waals surface area contributed by atoms with E-state index in [9.17, 15) is 18.0 Å². The van der Waals surface area contributed by atoms with Gasteiger partial charge in [0.1, 0.15) is 11.6 Å². The standard InChI is InChI=1S/C31H39N3O5S/c1-30(2,3)39-29(36)32-26(20-22-13-14-23-9-5-6-10-24(23)19-22)28(35)33-17-15-31(16-18-33)21-34(40(4,37)38)27-12-8-7-11-25(27)31/h5-12,19,26H,13-18,20-21H2,1-4H3,(H,32,36). The van der Waals surface area contributed by atoms with Crippen molar-refractivity contribution in [3.63, 3.8) is 0 Å². The van der Waals surface area contributed by atoms with Crippen molar-refractivity contribution in [1.29, 1.82) is 0 Å². The largest absolute Gasteiger partial charge is 0.444 e. The van der Waals surface area contributed by atoms with Crippen LogP contribution in [-0.2, 0) is 31.4 Å². The van der Waals surface area contributed by atoms with Crippen LogP contribution in [0.15, 0.2) is 54.1 Å². The number of nitrogens with one attached hydrogen (secondary N) is 1. The van der Waals surface area contributed by atoms with Gasteiger partial charge in [-0.05, 0) is 75.6 Å². The van der Waals surface area contributed by atoms with Crippen LogP contribution in [0.25, 0.3) is 6.08 Å². The van der Waals surface area contributed by atoms with Crippen LogP contribution < -0.4 is 9.62 Å². The summed E-state index contributed by atoms with van der Waals surface area (Å²) in [6, 6.07) is 15.2. The third-order valence-corrected chi connectivity index (χ3v) is 9.33. The lowest BCUT2D eigenvalue weighted by molar-refractivity contribution is -0.135. The highest BCUT2D eigenvalue weighted by Gasteiger charge is 2.48. The van der Waals surface area contributed by atoms with Gasteiger partial charge in [0.05, 0.1) is 11.9 Å². The molecule has 0 radical (unpaired) electrons. The average Bonchev–Trinajstić information content (AvgIpc) is 3.22. The minimum atomic E-state index is -3.42. The normalized spacial score (nSPS) is 18.9. The Kier molecular flexibility index (Phi) is 7.46. The molecule has 1 unspecified atom stereocenters. The second kappa shape index (κ2) is 10.6. The van der Waals surface area contributed by atoms with Crippen LogP contribution in [0, 0.1) is 0 Å². The van der Waals surface area contributed by atoms with E-state index in [1.807, 2.05) is 41.3 Å². The zero-order valence-electron chi connectivity index (χ0n) is 23.8. The summed E-state index contributed by atoms with van der Waals surface area (Å²) in [5.41, 5.74) is 4.31. The minimum Gasteiger partial charge on any atom is -0.444 e.